The Morgan fingerprint density at radius 3 is 1.36 bits per heavy atom. The number of carboxylic acids is 9. The summed E-state index contributed by atoms with van der Waals surface area (Å²) in [6, 6.07) is 8.40. The number of aromatic hydroxyl groups is 1. The van der Waals surface area contributed by atoms with Gasteiger partial charge in [0.25, 0.3) is 23.2 Å². The van der Waals surface area contributed by atoms with Gasteiger partial charge in [-0.05, 0) is 103 Å². The van der Waals surface area contributed by atoms with Crippen LogP contribution in [0.25, 0.3) is 10.8 Å². The van der Waals surface area contributed by atoms with Gasteiger partial charge in [-0.1, -0.05) is 54.6 Å². The van der Waals surface area contributed by atoms with E-state index in [1.54, 1.807) is 42.5 Å². The predicted octanol–water partition coefficient (Wildman–Crippen LogP) is -1.34. The summed E-state index contributed by atoms with van der Waals surface area (Å²) in [5.74, 6) is -22.0. The fourth-order valence-corrected chi connectivity index (χ4v) is 13.1. The minimum Gasteiger partial charge on any atom is -0.508 e. The van der Waals surface area contributed by atoms with Crippen molar-refractivity contribution in [2.75, 3.05) is 90.4 Å². The highest BCUT2D eigenvalue weighted by atomic mass is 16.6. The van der Waals surface area contributed by atoms with Crippen LogP contribution in [0.5, 0.6) is 5.75 Å². The molecule has 1 fully saturated rings. The summed E-state index contributed by atoms with van der Waals surface area (Å²) < 4.78 is 0. The first-order chi connectivity index (χ1) is 60.1. The second kappa shape index (κ2) is 50.0. The summed E-state index contributed by atoms with van der Waals surface area (Å²) in [4.78, 5) is 260. The normalized spacial score (nSPS) is 14.7. The molecule has 8 atom stereocenters. The summed E-state index contributed by atoms with van der Waals surface area (Å²) in [7, 11) is 0. The Balaban J connectivity index is 1.17. The zero-order chi connectivity index (χ0) is 93.7. The Morgan fingerprint density at radius 1 is 0.394 bits per heavy atom. The van der Waals surface area contributed by atoms with Crippen molar-refractivity contribution in [3.8, 4) is 5.75 Å². The molecule has 0 aliphatic carbocycles. The van der Waals surface area contributed by atoms with Crippen molar-refractivity contribution in [1.82, 2.24) is 67.5 Å². The molecule has 1 aliphatic rings. The Kier molecular flexibility index (Phi) is 39.7. The quantitative estimate of drug-likeness (QED) is 0.0122. The maximum atomic E-state index is 15.1. The van der Waals surface area contributed by atoms with Crippen LogP contribution in [0.1, 0.15) is 96.1 Å². The van der Waals surface area contributed by atoms with Gasteiger partial charge < -0.3 is 104 Å². The van der Waals surface area contributed by atoms with Gasteiger partial charge in [-0.15, -0.1) is 0 Å². The van der Waals surface area contributed by atoms with Crippen LogP contribution in [-0.4, -0.2) is 321 Å². The monoisotopic (exact) mass is 1780 g/mol. The van der Waals surface area contributed by atoms with Crippen LogP contribution < -0.4 is 53.2 Å². The van der Waals surface area contributed by atoms with E-state index >= 15 is 4.79 Å². The van der Waals surface area contributed by atoms with Crippen molar-refractivity contribution in [3.63, 3.8) is 0 Å². The third kappa shape index (κ3) is 35.1. The topological polar surface area (TPSA) is 729 Å². The molecule has 1 unspecified atom stereocenters. The molecule has 0 radical (unpaired) electrons. The maximum Gasteiger partial charge on any atom is 0.326 e. The smallest absolute Gasteiger partial charge is 0.326 e. The van der Waals surface area contributed by atoms with Crippen LogP contribution in [0.4, 0.5) is 21.9 Å². The number of phenolic OH excluding ortho intramolecular Hbond substituents is 1. The van der Waals surface area contributed by atoms with Crippen molar-refractivity contribution in [3.05, 3.63) is 152 Å². The van der Waals surface area contributed by atoms with E-state index in [9.17, 15) is 148 Å². The molecule has 20 N–H and O–H groups in total. The van der Waals surface area contributed by atoms with E-state index in [4.69, 9.17) is 5.11 Å². The lowest BCUT2D eigenvalue weighted by molar-refractivity contribution is -0.394. The molecular formula is C79H96N16O32. The molecule has 1 aliphatic heterocycles. The van der Waals surface area contributed by atoms with Gasteiger partial charge in [0, 0.05) is 121 Å². The number of nitro benzene ring substituents is 2. The number of hydrogen-bond acceptors (Lipinski definition) is 27. The van der Waals surface area contributed by atoms with Crippen molar-refractivity contribution in [2.24, 2.45) is 0 Å². The average molecular weight is 1780 g/mol. The van der Waals surface area contributed by atoms with E-state index in [0.29, 0.717) is 23.1 Å². The van der Waals surface area contributed by atoms with E-state index in [-0.39, 0.29) is 94.3 Å². The standard InChI is InChI=1S/C79H96N16O32/c96-51-16-8-44(9-17-51)37-57(86-73(112)59(87-70(109)52-18-15-50(94(124)125)39-61(52)95(126)127)40-81-62(97)25-22-60(78(121)122)93-34-32-91(42-67(104)105)30-28-90(41-66(102)103)29-31-92(33-35-93)43-68(106)107)72(111)85-58(38-45-7-10-46-4-1-2-5-48(46)36-45)71(110)84-54(75(115)116)19-23-63(98)82-49-13-11-47(12-14-49)69(108)80-27-3-6-53(74(113)114)83-64(99)24-20-55(76(117)118)88-79(123)89-56(77(119)120)21-26-65(100)101/h1-2,4-5,7-18,36,39,53-60,96H,3,6,19-35,37-38,40-43H2,(H,80,108)(H,81,97)(H,82,98)(H,83,99)(H,84,110)(H,85,111)(H,86,112)(H,87,109)(H,100,101)(H,102,103)(H,104,105)(H,106,107)(H,113,114)(H,115,116)(H,117,118)(H,119,120)(H,121,122)(H2,88,89,123)/t53-,54+,55-,56-,57+,58+,59-,60?/m0/s1. The third-order valence-electron chi connectivity index (χ3n) is 19.8. The van der Waals surface area contributed by atoms with Crippen LogP contribution in [0.2, 0.25) is 0 Å². The van der Waals surface area contributed by atoms with Crippen molar-refractivity contribution >= 4 is 135 Å². The van der Waals surface area contributed by atoms with Gasteiger partial charge in [-0.25, -0.2) is 24.0 Å². The number of hydrogen-bond donors (Lipinski definition) is 20. The van der Waals surface area contributed by atoms with Crippen LogP contribution in [0.15, 0.2) is 109 Å². The number of urea groups is 1. The number of non-ortho nitro benzene ring substituents is 1. The Morgan fingerprint density at radius 2 is 0.858 bits per heavy atom. The highest BCUT2D eigenvalue weighted by molar-refractivity contribution is 6.02. The summed E-state index contributed by atoms with van der Waals surface area (Å²) in [6.45, 7) is -3.41. The number of nitro groups is 2. The van der Waals surface area contributed by atoms with Crippen molar-refractivity contribution in [2.45, 2.75) is 125 Å². The number of benzene rings is 5. The van der Waals surface area contributed by atoms with E-state index in [1.165, 1.54) is 68.1 Å². The number of nitrogens with one attached hydrogen (secondary N) is 10. The van der Waals surface area contributed by atoms with Crippen LogP contribution in [0, 0.1) is 20.2 Å². The lowest BCUT2D eigenvalue weighted by Gasteiger charge is -2.35. The molecule has 48 heteroatoms. The largest absolute Gasteiger partial charge is 0.508 e. The molecule has 0 spiro atoms. The number of phenols is 1. The van der Waals surface area contributed by atoms with Gasteiger partial charge in [0.1, 0.15) is 59.6 Å². The first-order valence-corrected chi connectivity index (χ1v) is 39.3. The molecule has 48 nitrogen and oxygen atoms in total. The Labute approximate surface area is 720 Å². The maximum absolute atomic E-state index is 15.1. The van der Waals surface area contributed by atoms with Crippen molar-refractivity contribution < 1.29 is 147 Å². The van der Waals surface area contributed by atoms with Gasteiger partial charge in [0.15, 0.2) is 0 Å². The van der Waals surface area contributed by atoms with Gasteiger partial charge in [0.05, 0.1) is 35.5 Å². The van der Waals surface area contributed by atoms with Gasteiger partial charge in [0.2, 0.25) is 35.4 Å². The van der Waals surface area contributed by atoms with Crippen LogP contribution >= 0.6 is 0 Å². The van der Waals surface area contributed by atoms with Gasteiger partial charge in [-0.3, -0.25) is 102 Å². The molecule has 0 bridgehead atoms. The fraction of sp³-hybridized carbons (Fsp3) is 0.418. The molecule has 1 saturated heterocycles. The van der Waals surface area contributed by atoms with Crippen LogP contribution in [0.3, 0.4) is 0 Å². The summed E-state index contributed by atoms with van der Waals surface area (Å²) in [6.07, 6.45) is -6.11. The number of aliphatic carboxylic acids is 9. The number of anilines is 1. The van der Waals surface area contributed by atoms with E-state index in [2.05, 4.69) is 42.5 Å². The lowest BCUT2D eigenvalue weighted by atomic mass is 9.99. The molecular weight excluding hydrogens is 1680 g/mol. The number of nitrogens with zero attached hydrogens (tertiary/aromatic N) is 6. The number of carbonyl (C=O) groups excluding carboxylic acids is 9. The first-order valence-electron chi connectivity index (χ1n) is 39.3. The lowest BCUT2D eigenvalue weighted by Crippen LogP contribution is -2.60. The van der Waals surface area contributed by atoms with Gasteiger partial charge >= 0.3 is 59.8 Å². The number of carbonyl (C=O) groups is 18. The third-order valence-corrected chi connectivity index (χ3v) is 19.8. The molecule has 1 heterocycles. The number of fused-ring (bicyclic) bond motifs is 1. The molecule has 0 saturated carbocycles. The minimum absolute atomic E-state index is 0.00869. The summed E-state index contributed by atoms with van der Waals surface area (Å²) >= 11 is 0. The Hall–Kier alpha value is -14.9. The number of amides is 10. The summed E-state index contributed by atoms with van der Waals surface area (Å²) in [5.41, 5.74) is -2.14. The van der Waals surface area contributed by atoms with Crippen molar-refractivity contribution in [1.29, 1.82) is 0 Å². The molecule has 5 aromatic rings. The number of rotatable bonds is 49. The van der Waals surface area contributed by atoms with Crippen LogP contribution in [-0.2, 0) is 84.8 Å². The molecule has 0 aromatic heterocycles. The summed E-state index contributed by atoms with van der Waals surface area (Å²) in [5, 5.41) is 147. The highest BCUT2D eigenvalue weighted by Gasteiger charge is 2.37. The van der Waals surface area contributed by atoms with E-state index in [1.807, 2.05) is 10.6 Å². The molecule has 5 aromatic carbocycles. The zero-order valence-corrected chi connectivity index (χ0v) is 67.8. The number of carboxylic acid groups (broad SMARTS) is 9. The SMILES string of the molecule is O=C(O)CC[C@H](NC(=O)N[C@@H](CCC(=O)N[C@@H](CCCNC(=O)c1ccc(NC(=O)CC[C@@H](NC(=O)[C@@H](Cc2ccc3ccccc3c2)NC(=O)[C@@H](Cc2ccc(O)cc2)NC(=O)[C@H](CNC(=O)CCC(C(=O)O)N2CCN(CC(=O)O)CCN(CC(=O)O)CCN(CC(=O)O)CC2)NC(=O)c2ccc([N+](=O)[O-])cc2[N+](=O)[O-])C(=O)O)cc1)C(=O)O)C(=O)O)C(=O)O. The molecule has 127 heavy (non-hydrogen) atoms. The molecule has 684 valence electrons. The Bertz CT molecular complexity index is 4830. The van der Waals surface area contributed by atoms with Gasteiger partial charge in [-0.2, -0.15) is 0 Å². The molecule has 6 rings (SSSR count). The fourth-order valence-electron chi connectivity index (χ4n) is 13.1. The average Bonchev–Trinajstić information content (AvgIpc) is 0.819. The zero-order valence-electron chi connectivity index (χ0n) is 67.8. The highest BCUT2D eigenvalue weighted by Crippen LogP contribution is 2.26. The predicted molar refractivity (Wildman–Crippen MR) is 437 cm³/mol. The first kappa shape index (κ1) is 101. The van der Waals surface area contributed by atoms with E-state index < -0.39 is 273 Å². The minimum atomic E-state index is -2.11. The second-order valence-corrected chi connectivity index (χ2v) is 29.2. The molecule has 10 amide bonds. The second-order valence-electron chi connectivity index (χ2n) is 29.2. The van der Waals surface area contributed by atoms with E-state index in [0.717, 1.165) is 11.5 Å².